The molecule has 0 aromatic heterocycles. The molecule has 0 radical (unpaired) electrons. The van der Waals surface area contributed by atoms with Crippen molar-refractivity contribution >= 4 is 0 Å². The zero-order chi connectivity index (χ0) is 13.0. The summed E-state index contributed by atoms with van der Waals surface area (Å²) in [5.41, 5.74) is 3.07. The molecular formula is C17H27N. The summed E-state index contributed by atoms with van der Waals surface area (Å²) in [4.78, 5) is 0. The van der Waals surface area contributed by atoms with Crippen LogP contribution >= 0.6 is 0 Å². The molecule has 1 aliphatic rings. The van der Waals surface area contributed by atoms with E-state index < -0.39 is 0 Å². The number of aryl methyl sites for hydroxylation is 1. The Balaban J connectivity index is 2.21. The molecule has 1 aliphatic carbocycles. The highest BCUT2D eigenvalue weighted by Gasteiger charge is 2.30. The molecule has 3 unspecified atom stereocenters. The van der Waals surface area contributed by atoms with E-state index in [-0.39, 0.29) is 0 Å². The third-order valence-electron chi connectivity index (χ3n) is 4.73. The van der Waals surface area contributed by atoms with Crippen molar-refractivity contribution in [2.75, 3.05) is 13.6 Å². The van der Waals surface area contributed by atoms with Crippen LogP contribution in [0.3, 0.4) is 0 Å². The highest BCUT2D eigenvalue weighted by molar-refractivity contribution is 5.30. The second-order valence-electron chi connectivity index (χ2n) is 5.87. The Kier molecular flexibility index (Phi) is 4.82. The molecule has 1 N–H and O–H groups in total. The lowest BCUT2D eigenvalue weighted by molar-refractivity contribution is 0.228. The zero-order valence-electron chi connectivity index (χ0n) is 12.1. The standard InChI is InChI=1S/C17H27N/c1-4-14-9-10-15(12-18-3)17(11-14)16-8-6-5-7-13(16)2/h5-8,14-15,17-18H,4,9-12H2,1-3H3. The monoisotopic (exact) mass is 245 g/mol. The molecule has 0 amide bonds. The third-order valence-corrected chi connectivity index (χ3v) is 4.73. The van der Waals surface area contributed by atoms with Crippen LogP contribution in [0.5, 0.6) is 0 Å². The van der Waals surface area contributed by atoms with Gasteiger partial charge in [-0.1, -0.05) is 44.0 Å². The molecule has 18 heavy (non-hydrogen) atoms. The minimum atomic E-state index is 0.761. The van der Waals surface area contributed by atoms with Gasteiger partial charge in [-0.25, -0.2) is 0 Å². The maximum Gasteiger partial charge on any atom is -0.00177 e. The third kappa shape index (κ3) is 2.95. The van der Waals surface area contributed by atoms with E-state index in [1.807, 2.05) is 0 Å². The van der Waals surface area contributed by atoms with Gasteiger partial charge in [-0.15, -0.1) is 0 Å². The van der Waals surface area contributed by atoms with E-state index >= 15 is 0 Å². The summed E-state index contributed by atoms with van der Waals surface area (Å²) in [7, 11) is 2.08. The topological polar surface area (TPSA) is 12.0 Å². The van der Waals surface area contributed by atoms with Crippen molar-refractivity contribution in [1.29, 1.82) is 0 Å². The van der Waals surface area contributed by atoms with Gasteiger partial charge in [0.1, 0.15) is 0 Å². The van der Waals surface area contributed by atoms with Gasteiger partial charge >= 0.3 is 0 Å². The summed E-state index contributed by atoms with van der Waals surface area (Å²) >= 11 is 0. The van der Waals surface area contributed by atoms with Crippen LogP contribution in [0, 0.1) is 18.8 Å². The highest BCUT2D eigenvalue weighted by Crippen LogP contribution is 2.42. The van der Waals surface area contributed by atoms with Crippen LogP contribution < -0.4 is 5.32 Å². The molecule has 1 fully saturated rings. The van der Waals surface area contributed by atoms with Crippen LogP contribution in [-0.4, -0.2) is 13.6 Å². The predicted octanol–water partition coefficient (Wildman–Crippen LogP) is 4.12. The molecule has 0 bridgehead atoms. The molecule has 1 saturated carbocycles. The van der Waals surface area contributed by atoms with Crippen LogP contribution in [-0.2, 0) is 0 Å². The summed E-state index contributed by atoms with van der Waals surface area (Å²) in [5, 5.41) is 3.39. The van der Waals surface area contributed by atoms with Crippen molar-refractivity contribution in [3.8, 4) is 0 Å². The summed E-state index contributed by atoms with van der Waals surface area (Å²) < 4.78 is 0. The Morgan fingerprint density at radius 1 is 1.22 bits per heavy atom. The van der Waals surface area contributed by atoms with Crippen LogP contribution in [0.15, 0.2) is 24.3 Å². The minimum Gasteiger partial charge on any atom is -0.319 e. The van der Waals surface area contributed by atoms with Gasteiger partial charge in [-0.3, -0.25) is 0 Å². The molecule has 1 aromatic rings. The number of hydrogen-bond donors (Lipinski definition) is 1. The molecule has 1 aromatic carbocycles. The molecule has 0 heterocycles. The molecule has 1 heteroatoms. The molecule has 1 nitrogen and oxygen atoms in total. The average molecular weight is 245 g/mol. The molecule has 2 rings (SSSR count). The smallest absolute Gasteiger partial charge is 0.00177 e. The fraction of sp³-hybridized carbons (Fsp3) is 0.647. The lowest BCUT2D eigenvalue weighted by Gasteiger charge is -2.37. The first-order valence-corrected chi connectivity index (χ1v) is 7.46. The van der Waals surface area contributed by atoms with Crippen molar-refractivity contribution in [3.63, 3.8) is 0 Å². The number of rotatable bonds is 4. The Bertz CT molecular complexity index is 372. The minimum absolute atomic E-state index is 0.761. The average Bonchev–Trinajstić information content (AvgIpc) is 2.40. The van der Waals surface area contributed by atoms with Crippen molar-refractivity contribution in [2.45, 2.75) is 45.4 Å². The maximum atomic E-state index is 3.39. The summed E-state index contributed by atoms with van der Waals surface area (Å²) in [6.07, 6.45) is 5.53. The highest BCUT2D eigenvalue weighted by atomic mass is 14.8. The Hall–Kier alpha value is -0.820. The van der Waals surface area contributed by atoms with Crippen molar-refractivity contribution in [3.05, 3.63) is 35.4 Å². The number of benzene rings is 1. The van der Waals surface area contributed by atoms with Gasteiger partial charge in [0.15, 0.2) is 0 Å². The van der Waals surface area contributed by atoms with Gasteiger partial charge in [0.05, 0.1) is 0 Å². The molecule has 100 valence electrons. The van der Waals surface area contributed by atoms with Crippen LogP contribution in [0.4, 0.5) is 0 Å². The summed E-state index contributed by atoms with van der Waals surface area (Å²) in [6, 6.07) is 8.97. The molecule has 3 atom stereocenters. The summed E-state index contributed by atoms with van der Waals surface area (Å²) in [5.74, 6) is 2.51. The van der Waals surface area contributed by atoms with Gasteiger partial charge < -0.3 is 5.32 Å². The fourth-order valence-electron chi connectivity index (χ4n) is 3.58. The second-order valence-corrected chi connectivity index (χ2v) is 5.87. The lowest BCUT2D eigenvalue weighted by atomic mass is 9.69. The molecular weight excluding hydrogens is 218 g/mol. The van der Waals surface area contributed by atoms with E-state index in [1.165, 1.54) is 31.2 Å². The molecule has 0 saturated heterocycles. The van der Waals surface area contributed by atoms with E-state index in [9.17, 15) is 0 Å². The fourth-order valence-corrected chi connectivity index (χ4v) is 3.58. The van der Waals surface area contributed by atoms with E-state index in [0.29, 0.717) is 0 Å². The van der Waals surface area contributed by atoms with Crippen molar-refractivity contribution in [1.82, 2.24) is 5.32 Å². The first-order valence-electron chi connectivity index (χ1n) is 7.46. The normalized spacial score (nSPS) is 28.3. The predicted molar refractivity (Wildman–Crippen MR) is 79.0 cm³/mol. The first kappa shape index (κ1) is 13.6. The van der Waals surface area contributed by atoms with Gasteiger partial charge in [-0.2, -0.15) is 0 Å². The van der Waals surface area contributed by atoms with Gasteiger partial charge in [-0.05, 0) is 62.2 Å². The Labute approximate surface area is 112 Å². The quantitative estimate of drug-likeness (QED) is 0.841. The lowest BCUT2D eigenvalue weighted by Crippen LogP contribution is -2.30. The SMILES string of the molecule is CCC1CCC(CNC)C(c2ccccc2C)C1. The van der Waals surface area contributed by atoms with E-state index in [1.54, 1.807) is 5.56 Å². The van der Waals surface area contributed by atoms with Gasteiger partial charge in [0.25, 0.3) is 0 Å². The van der Waals surface area contributed by atoms with E-state index in [2.05, 4.69) is 50.5 Å². The largest absolute Gasteiger partial charge is 0.319 e. The molecule has 0 aliphatic heterocycles. The Morgan fingerprint density at radius 2 is 2.00 bits per heavy atom. The number of nitrogens with one attached hydrogen (secondary N) is 1. The van der Waals surface area contributed by atoms with Gasteiger partial charge in [0, 0.05) is 0 Å². The van der Waals surface area contributed by atoms with Crippen LogP contribution in [0.1, 0.15) is 49.7 Å². The molecule has 0 spiro atoms. The van der Waals surface area contributed by atoms with Gasteiger partial charge in [0.2, 0.25) is 0 Å². The first-order chi connectivity index (χ1) is 8.76. The Morgan fingerprint density at radius 3 is 2.67 bits per heavy atom. The zero-order valence-corrected chi connectivity index (χ0v) is 12.1. The van der Waals surface area contributed by atoms with Crippen LogP contribution in [0.25, 0.3) is 0 Å². The maximum absolute atomic E-state index is 3.39. The summed E-state index contributed by atoms with van der Waals surface area (Å²) in [6.45, 7) is 5.77. The van der Waals surface area contributed by atoms with E-state index in [0.717, 1.165) is 24.3 Å². The van der Waals surface area contributed by atoms with Crippen LogP contribution in [0.2, 0.25) is 0 Å². The van der Waals surface area contributed by atoms with E-state index in [4.69, 9.17) is 0 Å². The van der Waals surface area contributed by atoms with Crippen molar-refractivity contribution < 1.29 is 0 Å². The second kappa shape index (κ2) is 6.38. The van der Waals surface area contributed by atoms with Crippen molar-refractivity contribution in [2.24, 2.45) is 11.8 Å². The number of hydrogen-bond acceptors (Lipinski definition) is 1.